The van der Waals surface area contributed by atoms with Gasteiger partial charge in [0.2, 0.25) is 11.8 Å². The molecule has 0 spiro atoms. The number of amides is 2. The number of anilines is 1. The Hall–Kier alpha value is -3.46. The molecule has 1 aliphatic heterocycles. The number of nitrogens with zero attached hydrogens (tertiary/aromatic N) is 1. The molecule has 3 nitrogen and oxygen atoms in total. The van der Waals surface area contributed by atoms with Crippen LogP contribution in [0.25, 0.3) is 0 Å². The third-order valence-electron chi connectivity index (χ3n) is 6.33. The molecule has 5 rings (SSSR count). The summed E-state index contributed by atoms with van der Waals surface area (Å²) in [5, 5.41) is 0. The van der Waals surface area contributed by atoms with Gasteiger partial charge in [0.05, 0.1) is 17.5 Å². The van der Waals surface area contributed by atoms with E-state index in [1.807, 2.05) is 91.9 Å². The second kappa shape index (κ2) is 7.42. The van der Waals surface area contributed by atoms with Crippen LogP contribution in [-0.2, 0) is 9.59 Å². The minimum absolute atomic E-state index is 0.102. The van der Waals surface area contributed by atoms with E-state index in [4.69, 9.17) is 0 Å². The molecule has 1 fully saturated rings. The molecule has 3 aromatic rings. The zero-order chi connectivity index (χ0) is 20.7. The first-order chi connectivity index (χ1) is 14.6. The van der Waals surface area contributed by atoms with Crippen LogP contribution in [0.4, 0.5) is 5.69 Å². The van der Waals surface area contributed by atoms with Crippen LogP contribution < -0.4 is 4.90 Å². The molecule has 30 heavy (non-hydrogen) atoms. The van der Waals surface area contributed by atoms with Crippen molar-refractivity contribution < 1.29 is 9.59 Å². The lowest BCUT2D eigenvalue weighted by Gasteiger charge is -2.32. The van der Waals surface area contributed by atoms with E-state index >= 15 is 0 Å². The average Bonchev–Trinajstić information content (AvgIpc) is 3.05. The molecule has 0 N–H and O–H groups in total. The monoisotopic (exact) mass is 393 g/mol. The molecule has 1 heterocycles. The Morgan fingerprint density at radius 1 is 0.633 bits per heavy atom. The first-order valence-electron chi connectivity index (χ1n) is 10.4. The molecule has 0 saturated carbocycles. The lowest BCUT2D eigenvalue weighted by Crippen LogP contribution is -2.31. The minimum atomic E-state index is -0.407. The van der Waals surface area contributed by atoms with Gasteiger partial charge >= 0.3 is 0 Å². The summed E-state index contributed by atoms with van der Waals surface area (Å²) in [6.07, 6.45) is 4.25. The Kier molecular flexibility index (Phi) is 4.59. The van der Waals surface area contributed by atoms with Crippen molar-refractivity contribution in [3.8, 4) is 0 Å². The van der Waals surface area contributed by atoms with Gasteiger partial charge in [0.15, 0.2) is 0 Å². The van der Waals surface area contributed by atoms with Crippen molar-refractivity contribution in [2.24, 2.45) is 11.8 Å². The van der Waals surface area contributed by atoms with Crippen molar-refractivity contribution in [3.63, 3.8) is 0 Å². The first kappa shape index (κ1) is 18.6. The van der Waals surface area contributed by atoms with E-state index in [0.29, 0.717) is 5.69 Å². The summed E-state index contributed by atoms with van der Waals surface area (Å²) in [4.78, 5) is 28.8. The number of aryl methyl sites for hydroxylation is 1. The zero-order valence-corrected chi connectivity index (χ0v) is 16.8. The molecule has 2 aliphatic rings. The molecule has 0 aromatic heterocycles. The summed E-state index contributed by atoms with van der Waals surface area (Å²) in [5.74, 6) is -1.24. The highest BCUT2D eigenvalue weighted by molar-refractivity contribution is 6.23. The van der Waals surface area contributed by atoms with Gasteiger partial charge in [-0.15, -0.1) is 0 Å². The topological polar surface area (TPSA) is 37.4 Å². The highest BCUT2D eigenvalue weighted by Crippen LogP contribution is 2.50. The Balaban J connectivity index is 1.64. The Morgan fingerprint density at radius 2 is 1.13 bits per heavy atom. The third kappa shape index (κ3) is 2.98. The molecular weight excluding hydrogens is 370 g/mol. The highest BCUT2D eigenvalue weighted by Gasteiger charge is 2.55. The second-order valence-electron chi connectivity index (χ2n) is 8.16. The normalized spacial score (nSPS) is 25.4. The van der Waals surface area contributed by atoms with E-state index in [2.05, 4.69) is 12.2 Å². The van der Waals surface area contributed by atoms with Gasteiger partial charge in [-0.2, -0.15) is 0 Å². The van der Waals surface area contributed by atoms with Crippen molar-refractivity contribution in [1.82, 2.24) is 0 Å². The molecule has 3 aromatic carbocycles. The lowest BCUT2D eigenvalue weighted by molar-refractivity contribution is -0.122. The van der Waals surface area contributed by atoms with Crippen LogP contribution in [0.1, 0.15) is 28.5 Å². The van der Waals surface area contributed by atoms with Crippen LogP contribution in [0.15, 0.2) is 97.1 Å². The molecule has 0 unspecified atom stereocenters. The van der Waals surface area contributed by atoms with Gasteiger partial charge < -0.3 is 0 Å². The third-order valence-corrected chi connectivity index (χ3v) is 6.33. The van der Waals surface area contributed by atoms with Crippen LogP contribution in [0, 0.1) is 18.8 Å². The summed E-state index contributed by atoms with van der Waals surface area (Å²) >= 11 is 0. The highest BCUT2D eigenvalue weighted by atomic mass is 16.2. The minimum Gasteiger partial charge on any atom is -0.274 e. The smallest absolute Gasteiger partial charge is 0.238 e. The Labute approximate surface area is 176 Å². The van der Waals surface area contributed by atoms with Gasteiger partial charge in [0.1, 0.15) is 0 Å². The van der Waals surface area contributed by atoms with E-state index in [9.17, 15) is 9.59 Å². The van der Waals surface area contributed by atoms with Crippen molar-refractivity contribution in [2.45, 2.75) is 18.8 Å². The largest absolute Gasteiger partial charge is 0.274 e. The van der Waals surface area contributed by atoms with Crippen LogP contribution in [0.2, 0.25) is 0 Å². The van der Waals surface area contributed by atoms with Gasteiger partial charge in [-0.05, 0) is 35.7 Å². The van der Waals surface area contributed by atoms with Crippen LogP contribution in [-0.4, -0.2) is 11.8 Å². The Morgan fingerprint density at radius 3 is 1.60 bits per heavy atom. The predicted molar refractivity (Wildman–Crippen MR) is 118 cm³/mol. The van der Waals surface area contributed by atoms with E-state index < -0.39 is 11.8 Å². The average molecular weight is 393 g/mol. The molecule has 3 heteroatoms. The number of allylic oxidation sites excluding steroid dienone is 2. The lowest BCUT2D eigenvalue weighted by atomic mass is 9.68. The van der Waals surface area contributed by atoms with Crippen molar-refractivity contribution in [3.05, 3.63) is 114 Å². The number of carbonyl (C=O) groups excluding carboxylic acids is 2. The maximum Gasteiger partial charge on any atom is 0.238 e. The van der Waals surface area contributed by atoms with E-state index in [-0.39, 0.29) is 23.7 Å². The molecule has 148 valence electrons. The van der Waals surface area contributed by atoms with Gasteiger partial charge in [-0.25, -0.2) is 4.90 Å². The SMILES string of the molecule is Cc1cccc(N2C(=O)[C@@H]3[C@H](C2=O)[C@@H](c2ccccc2)C=C[C@H]3c2ccccc2)c1. The molecule has 1 saturated heterocycles. The number of benzene rings is 3. The van der Waals surface area contributed by atoms with E-state index in [1.54, 1.807) is 0 Å². The number of hydrogen-bond acceptors (Lipinski definition) is 2. The summed E-state index contributed by atoms with van der Waals surface area (Å²) in [6.45, 7) is 1.97. The van der Waals surface area contributed by atoms with Crippen molar-refractivity contribution in [2.75, 3.05) is 4.90 Å². The molecule has 1 aliphatic carbocycles. The fourth-order valence-corrected chi connectivity index (χ4v) is 4.96. The Bertz CT molecular complexity index is 1050. The summed E-state index contributed by atoms with van der Waals surface area (Å²) in [5.41, 5.74) is 3.84. The fourth-order valence-electron chi connectivity index (χ4n) is 4.96. The van der Waals surface area contributed by atoms with Gasteiger partial charge in [0, 0.05) is 11.8 Å². The summed E-state index contributed by atoms with van der Waals surface area (Å²) in [7, 11) is 0. The van der Waals surface area contributed by atoms with Gasteiger partial charge in [0.25, 0.3) is 0 Å². The van der Waals surface area contributed by atoms with Crippen LogP contribution in [0.5, 0.6) is 0 Å². The number of hydrogen-bond donors (Lipinski definition) is 0. The van der Waals surface area contributed by atoms with Crippen molar-refractivity contribution in [1.29, 1.82) is 0 Å². The van der Waals surface area contributed by atoms with E-state index in [0.717, 1.165) is 16.7 Å². The summed E-state index contributed by atoms with van der Waals surface area (Å²) < 4.78 is 0. The predicted octanol–water partition coefficient (Wildman–Crippen LogP) is 5.24. The number of rotatable bonds is 3. The number of fused-ring (bicyclic) bond motifs is 1. The standard InChI is InChI=1S/C27H23NO2/c1-18-9-8-14-21(17-18)28-26(29)24-22(19-10-4-2-5-11-19)15-16-23(25(24)27(28)30)20-12-6-3-7-13-20/h2-17,22-25H,1H3/t22-,23+,24-,25+. The second-order valence-corrected chi connectivity index (χ2v) is 8.16. The maximum absolute atomic E-state index is 13.7. The van der Waals surface area contributed by atoms with Crippen LogP contribution in [0.3, 0.4) is 0 Å². The number of carbonyl (C=O) groups is 2. The molecule has 4 atom stereocenters. The maximum atomic E-state index is 13.7. The molecule has 0 bridgehead atoms. The van der Waals surface area contributed by atoms with Gasteiger partial charge in [-0.3, -0.25) is 9.59 Å². The first-order valence-corrected chi connectivity index (χ1v) is 10.4. The molecule has 2 amide bonds. The molecular formula is C27H23NO2. The quantitative estimate of drug-likeness (QED) is 0.451. The zero-order valence-electron chi connectivity index (χ0n) is 16.8. The summed E-state index contributed by atoms with van der Waals surface area (Å²) in [6, 6.07) is 27.7. The molecule has 0 radical (unpaired) electrons. The van der Waals surface area contributed by atoms with Gasteiger partial charge in [-0.1, -0.05) is 84.9 Å². The fraction of sp³-hybridized carbons (Fsp3) is 0.185. The number of imide groups is 1. The van der Waals surface area contributed by atoms with Crippen molar-refractivity contribution >= 4 is 17.5 Å². The van der Waals surface area contributed by atoms with E-state index in [1.165, 1.54) is 4.90 Å². The van der Waals surface area contributed by atoms with Crippen LogP contribution >= 0.6 is 0 Å².